The molecule has 0 fully saturated rings. The van der Waals surface area contributed by atoms with Crippen LogP contribution in [0, 0.1) is 31.3 Å². The van der Waals surface area contributed by atoms with Gasteiger partial charge >= 0.3 is 5.97 Å². The molecule has 0 saturated heterocycles. The van der Waals surface area contributed by atoms with Crippen molar-refractivity contribution < 1.29 is 27.5 Å². The minimum atomic E-state index is -1.70. The standard InChI is InChI=1S/C22H19F3N2O3/c1-11-14-6-4-5-7-17(14)26-12(2)15(11)10-19(28)30-13(3)22(29)27-18-9-8-16(23)20(24)21(18)25/h4-9,13H,10H2,1-3H3,(H,27,29)/t13-/m0/s1. The Balaban J connectivity index is 1.70. The summed E-state index contributed by atoms with van der Waals surface area (Å²) in [6.07, 6.45) is -1.38. The van der Waals surface area contributed by atoms with Gasteiger partial charge in [0.15, 0.2) is 23.6 Å². The summed E-state index contributed by atoms with van der Waals surface area (Å²) >= 11 is 0. The van der Waals surface area contributed by atoms with Gasteiger partial charge in [0.05, 0.1) is 17.6 Å². The van der Waals surface area contributed by atoms with E-state index >= 15 is 0 Å². The van der Waals surface area contributed by atoms with Crippen LogP contribution in [0.1, 0.15) is 23.7 Å². The van der Waals surface area contributed by atoms with Gasteiger partial charge in [0.25, 0.3) is 5.91 Å². The minimum Gasteiger partial charge on any atom is -0.452 e. The normalized spacial score (nSPS) is 11.9. The van der Waals surface area contributed by atoms with Gasteiger partial charge in [0, 0.05) is 11.1 Å². The third kappa shape index (κ3) is 4.27. The molecule has 3 rings (SSSR count). The number of aryl methyl sites for hydroxylation is 2. The first-order chi connectivity index (χ1) is 14.2. The number of para-hydroxylation sites is 1. The molecule has 0 aliphatic heterocycles. The van der Waals surface area contributed by atoms with Crippen LogP contribution in [0.3, 0.4) is 0 Å². The highest BCUT2D eigenvalue weighted by Gasteiger charge is 2.22. The number of amides is 1. The smallest absolute Gasteiger partial charge is 0.311 e. The number of anilines is 1. The number of benzene rings is 2. The predicted octanol–water partition coefficient (Wildman–Crippen LogP) is 4.38. The predicted molar refractivity (Wildman–Crippen MR) is 105 cm³/mol. The Labute approximate surface area is 170 Å². The molecule has 0 aliphatic rings. The largest absolute Gasteiger partial charge is 0.452 e. The van der Waals surface area contributed by atoms with Crippen LogP contribution in [-0.4, -0.2) is 23.0 Å². The zero-order valence-corrected chi connectivity index (χ0v) is 16.6. The van der Waals surface area contributed by atoms with Crippen molar-refractivity contribution in [3.8, 4) is 0 Å². The van der Waals surface area contributed by atoms with Crippen molar-refractivity contribution in [3.05, 3.63) is 70.7 Å². The second-order valence-corrected chi connectivity index (χ2v) is 6.84. The van der Waals surface area contributed by atoms with Crippen molar-refractivity contribution in [2.24, 2.45) is 0 Å². The molecule has 1 aromatic heterocycles. The van der Waals surface area contributed by atoms with Crippen molar-refractivity contribution in [3.63, 3.8) is 0 Å². The Morgan fingerprint density at radius 2 is 1.77 bits per heavy atom. The van der Waals surface area contributed by atoms with Gasteiger partial charge in [0.1, 0.15) is 0 Å². The Hall–Kier alpha value is -3.42. The van der Waals surface area contributed by atoms with Gasteiger partial charge in [-0.2, -0.15) is 0 Å². The number of halogens is 3. The van der Waals surface area contributed by atoms with Crippen LogP contribution < -0.4 is 5.32 Å². The topological polar surface area (TPSA) is 68.3 Å². The van der Waals surface area contributed by atoms with Gasteiger partial charge in [-0.25, -0.2) is 13.2 Å². The van der Waals surface area contributed by atoms with Gasteiger partial charge in [-0.3, -0.25) is 14.6 Å². The summed E-state index contributed by atoms with van der Waals surface area (Å²) < 4.78 is 45.1. The quantitative estimate of drug-likeness (QED) is 0.495. The number of pyridine rings is 1. The molecule has 1 amide bonds. The molecule has 0 aliphatic carbocycles. The number of nitrogens with one attached hydrogen (secondary N) is 1. The molecule has 1 heterocycles. The first-order valence-electron chi connectivity index (χ1n) is 9.17. The number of hydrogen-bond donors (Lipinski definition) is 1. The minimum absolute atomic E-state index is 0.105. The van der Waals surface area contributed by atoms with Crippen LogP contribution in [0.15, 0.2) is 36.4 Å². The van der Waals surface area contributed by atoms with E-state index in [-0.39, 0.29) is 6.42 Å². The third-order valence-corrected chi connectivity index (χ3v) is 4.78. The third-order valence-electron chi connectivity index (χ3n) is 4.78. The van der Waals surface area contributed by atoms with E-state index in [1.807, 2.05) is 31.2 Å². The molecule has 0 radical (unpaired) electrons. The first-order valence-corrected chi connectivity index (χ1v) is 9.17. The summed E-state index contributed by atoms with van der Waals surface area (Å²) in [5, 5.41) is 2.99. The number of carbonyl (C=O) groups is 2. The van der Waals surface area contributed by atoms with E-state index in [9.17, 15) is 22.8 Å². The highest BCUT2D eigenvalue weighted by molar-refractivity contribution is 5.95. The molecule has 0 saturated carbocycles. The Kier molecular flexibility index (Phi) is 6.05. The van der Waals surface area contributed by atoms with E-state index in [1.54, 1.807) is 6.92 Å². The van der Waals surface area contributed by atoms with E-state index < -0.39 is 41.1 Å². The maximum Gasteiger partial charge on any atom is 0.311 e. The summed E-state index contributed by atoms with van der Waals surface area (Å²) in [5.74, 6) is -6.16. The van der Waals surface area contributed by atoms with Crippen LogP contribution in [-0.2, 0) is 20.7 Å². The van der Waals surface area contributed by atoms with E-state index in [2.05, 4.69) is 10.3 Å². The van der Waals surface area contributed by atoms with Gasteiger partial charge < -0.3 is 10.1 Å². The summed E-state index contributed by atoms with van der Waals surface area (Å²) in [6.45, 7) is 4.95. The zero-order valence-electron chi connectivity index (χ0n) is 16.6. The summed E-state index contributed by atoms with van der Waals surface area (Å²) in [5.41, 5.74) is 2.51. The van der Waals surface area contributed by atoms with Crippen molar-refractivity contribution >= 4 is 28.5 Å². The number of fused-ring (bicyclic) bond motifs is 1. The average Bonchev–Trinajstić information content (AvgIpc) is 2.71. The number of carbonyl (C=O) groups excluding carboxylic acids is 2. The maximum absolute atomic E-state index is 13.7. The van der Waals surface area contributed by atoms with Crippen LogP contribution in [0.25, 0.3) is 10.9 Å². The molecular formula is C22H19F3N2O3. The van der Waals surface area contributed by atoms with E-state index in [1.165, 1.54) is 6.92 Å². The summed E-state index contributed by atoms with van der Waals surface area (Å²) in [7, 11) is 0. The number of rotatable bonds is 5. The first kappa shape index (κ1) is 21.3. The van der Waals surface area contributed by atoms with Crippen LogP contribution in [0.2, 0.25) is 0 Å². The lowest BCUT2D eigenvalue weighted by molar-refractivity contribution is -0.152. The van der Waals surface area contributed by atoms with Crippen LogP contribution in [0.4, 0.5) is 18.9 Å². The summed E-state index contributed by atoms with van der Waals surface area (Å²) in [4.78, 5) is 29.0. The molecule has 5 nitrogen and oxygen atoms in total. The molecular weight excluding hydrogens is 397 g/mol. The number of aromatic nitrogens is 1. The second-order valence-electron chi connectivity index (χ2n) is 6.84. The van der Waals surface area contributed by atoms with E-state index in [4.69, 9.17) is 4.74 Å². The lowest BCUT2D eigenvalue weighted by Crippen LogP contribution is -2.31. The van der Waals surface area contributed by atoms with Crippen molar-refractivity contribution in [1.29, 1.82) is 0 Å². The second kappa shape index (κ2) is 8.52. The van der Waals surface area contributed by atoms with Crippen molar-refractivity contribution in [2.45, 2.75) is 33.3 Å². The Bertz CT molecular complexity index is 1150. The molecule has 0 unspecified atom stereocenters. The van der Waals surface area contributed by atoms with Gasteiger partial charge in [0.2, 0.25) is 0 Å². The summed E-state index contributed by atoms with van der Waals surface area (Å²) in [6, 6.07) is 9.09. The fraction of sp³-hybridized carbons (Fsp3) is 0.227. The molecule has 3 aromatic rings. The fourth-order valence-corrected chi connectivity index (χ4v) is 3.12. The SMILES string of the molecule is Cc1nc2ccccc2c(C)c1CC(=O)O[C@@H](C)C(=O)Nc1ccc(F)c(F)c1F. The Morgan fingerprint density at radius 1 is 1.07 bits per heavy atom. The molecule has 2 aromatic carbocycles. The highest BCUT2D eigenvalue weighted by Crippen LogP contribution is 2.23. The molecule has 1 atom stereocenters. The highest BCUT2D eigenvalue weighted by atomic mass is 19.2. The van der Waals surface area contributed by atoms with Gasteiger partial charge in [-0.1, -0.05) is 18.2 Å². The number of hydrogen-bond acceptors (Lipinski definition) is 4. The molecule has 8 heteroatoms. The molecule has 0 bridgehead atoms. The van der Waals surface area contributed by atoms with Crippen LogP contribution >= 0.6 is 0 Å². The number of nitrogens with zero attached hydrogens (tertiary/aromatic N) is 1. The van der Waals surface area contributed by atoms with Gasteiger partial charge in [-0.15, -0.1) is 0 Å². The zero-order chi connectivity index (χ0) is 22.0. The average molecular weight is 416 g/mol. The van der Waals surface area contributed by atoms with E-state index in [0.717, 1.165) is 22.5 Å². The van der Waals surface area contributed by atoms with Crippen molar-refractivity contribution in [1.82, 2.24) is 4.98 Å². The molecule has 0 spiro atoms. The lowest BCUT2D eigenvalue weighted by Gasteiger charge is -2.16. The van der Waals surface area contributed by atoms with Crippen LogP contribution in [0.5, 0.6) is 0 Å². The molecule has 156 valence electrons. The lowest BCUT2D eigenvalue weighted by atomic mass is 9.99. The maximum atomic E-state index is 13.7. The molecule has 1 N–H and O–H groups in total. The Morgan fingerprint density at radius 3 is 2.50 bits per heavy atom. The monoisotopic (exact) mass is 416 g/mol. The fourth-order valence-electron chi connectivity index (χ4n) is 3.12. The van der Waals surface area contributed by atoms with Gasteiger partial charge in [-0.05, 0) is 50.1 Å². The number of esters is 1. The van der Waals surface area contributed by atoms with E-state index in [0.29, 0.717) is 17.3 Å². The number of ether oxygens (including phenoxy) is 1. The molecule has 30 heavy (non-hydrogen) atoms. The van der Waals surface area contributed by atoms with Crippen molar-refractivity contribution in [2.75, 3.05) is 5.32 Å².